The number of anilines is 1. The summed E-state index contributed by atoms with van der Waals surface area (Å²) in [7, 11) is 0. The number of carbonyl (C=O) groups excluding carboxylic acids is 1. The van der Waals surface area contributed by atoms with Crippen molar-refractivity contribution in [3.05, 3.63) is 22.3 Å². The highest BCUT2D eigenvalue weighted by Crippen LogP contribution is 2.17. The van der Waals surface area contributed by atoms with Gasteiger partial charge >= 0.3 is 6.43 Å². The minimum Gasteiger partial charge on any atom is -0.305 e. The van der Waals surface area contributed by atoms with E-state index in [2.05, 4.69) is 20.9 Å². The fourth-order valence-corrected chi connectivity index (χ4v) is 1.29. The largest absolute Gasteiger partial charge is 0.315 e. The predicted molar refractivity (Wildman–Crippen MR) is 51.3 cm³/mol. The predicted octanol–water partition coefficient (Wildman–Crippen LogP) is 2.36. The first-order chi connectivity index (χ1) is 6.50. The monoisotopic (exact) mass is 264 g/mol. The minimum atomic E-state index is -3.03. The van der Waals surface area contributed by atoms with Crippen LogP contribution < -0.4 is 5.32 Å². The number of alkyl halides is 2. The molecular weight excluding hydrogens is 258 g/mol. The van der Waals surface area contributed by atoms with Gasteiger partial charge in [0.2, 0.25) is 0 Å². The maximum Gasteiger partial charge on any atom is 0.315 e. The van der Waals surface area contributed by atoms with Crippen LogP contribution in [0.15, 0.2) is 16.7 Å². The van der Waals surface area contributed by atoms with Crippen molar-refractivity contribution in [2.75, 3.05) is 5.32 Å². The van der Waals surface area contributed by atoms with Gasteiger partial charge in [0.15, 0.2) is 0 Å². The molecule has 0 fully saturated rings. The van der Waals surface area contributed by atoms with Crippen molar-refractivity contribution < 1.29 is 13.6 Å². The number of rotatable bonds is 2. The van der Waals surface area contributed by atoms with Gasteiger partial charge in [0.05, 0.1) is 0 Å². The van der Waals surface area contributed by atoms with Crippen molar-refractivity contribution in [3.63, 3.8) is 0 Å². The zero-order valence-electron chi connectivity index (χ0n) is 7.22. The van der Waals surface area contributed by atoms with E-state index in [4.69, 9.17) is 0 Å². The lowest BCUT2D eigenvalue weighted by Gasteiger charge is -2.06. The second kappa shape index (κ2) is 4.45. The first-order valence-electron chi connectivity index (χ1n) is 3.72. The minimum absolute atomic E-state index is 0.151. The van der Waals surface area contributed by atoms with Crippen molar-refractivity contribution in [2.45, 2.75) is 13.3 Å². The summed E-state index contributed by atoms with van der Waals surface area (Å²) >= 11 is 3.17. The summed E-state index contributed by atoms with van der Waals surface area (Å²) in [5, 5.41) is 2.02. The van der Waals surface area contributed by atoms with E-state index >= 15 is 0 Å². The molecule has 0 radical (unpaired) electrons. The van der Waals surface area contributed by atoms with E-state index in [0.29, 0.717) is 5.56 Å². The number of hydrogen-bond donors (Lipinski definition) is 1. The first-order valence-corrected chi connectivity index (χ1v) is 4.51. The van der Waals surface area contributed by atoms with E-state index in [1.165, 1.54) is 6.20 Å². The Morgan fingerprint density at radius 2 is 2.29 bits per heavy atom. The Balaban J connectivity index is 2.82. The summed E-state index contributed by atoms with van der Waals surface area (Å²) in [6.45, 7) is 1.67. The van der Waals surface area contributed by atoms with Gasteiger partial charge in [0, 0.05) is 10.7 Å². The van der Waals surface area contributed by atoms with Gasteiger partial charge in [0.1, 0.15) is 5.82 Å². The van der Waals surface area contributed by atoms with Crippen LogP contribution in [0.5, 0.6) is 0 Å². The summed E-state index contributed by atoms with van der Waals surface area (Å²) < 4.78 is 24.5. The Morgan fingerprint density at radius 3 is 2.79 bits per heavy atom. The molecule has 76 valence electrons. The number of hydrogen-bond acceptors (Lipinski definition) is 2. The van der Waals surface area contributed by atoms with Gasteiger partial charge in [-0.05, 0) is 34.5 Å². The van der Waals surface area contributed by atoms with E-state index in [9.17, 15) is 13.6 Å². The van der Waals surface area contributed by atoms with E-state index < -0.39 is 12.3 Å². The van der Waals surface area contributed by atoms with Crippen molar-refractivity contribution in [1.82, 2.24) is 4.98 Å². The number of nitrogens with zero attached hydrogens (tertiary/aromatic N) is 1. The highest BCUT2D eigenvalue weighted by Gasteiger charge is 2.16. The number of carbonyl (C=O) groups is 1. The molecule has 0 spiro atoms. The van der Waals surface area contributed by atoms with E-state index in [1.807, 2.05) is 5.32 Å². The molecule has 3 nitrogen and oxygen atoms in total. The first kappa shape index (κ1) is 11.0. The number of aromatic nitrogens is 1. The normalized spacial score (nSPS) is 10.4. The zero-order chi connectivity index (χ0) is 10.7. The second-order valence-electron chi connectivity index (χ2n) is 2.61. The molecule has 0 aromatic carbocycles. The summed E-state index contributed by atoms with van der Waals surface area (Å²) in [4.78, 5) is 14.4. The molecule has 0 saturated heterocycles. The maximum absolute atomic E-state index is 11.9. The molecule has 1 amide bonds. The lowest BCUT2D eigenvalue weighted by molar-refractivity contribution is -0.126. The lowest BCUT2D eigenvalue weighted by Crippen LogP contribution is -2.21. The van der Waals surface area contributed by atoms with Gasteiger partial charge in [-0.25, -0.2) is 4.98 Å². The van der Waals surface area contributed by atoms with E-state index in [1.54, 1.807) is 13.0 Å². The van der Waals surface area contributed by atoms with Crippen LogP contribution in [0.4, 0.5) is 14.6 Å². The number of halogens is 3. The zero-order valence-corrected chi connectivity index (χ0v) is 8.81. The third-order valence-corrected chi connectivity index (χ3v) is 1.92. The molecule has 1 aromatic rings. The number of aryl methyl sites for hydroxylation is 1. The molecule has 14 heavy (non-hydrogen) atoms. The Hall–Kier alpha value is -1.04. The number of nitrogens with one attached hydrogen (secondary N) is 1. The average molecular weight is 265 g/mol. The third kappa shape index (κ3) is 2.73. The molecule has 0 atom stereocenters. The Labute approximate surface area is 87.7 Å². The van der Waals surface area contributed by atoms with Crippen molar-refractivity contribution in [1.29, 1.82) is 0 Å². The van der Waals surface area contributed by atoms with Gasteiger partial charge in [-0.15, -0.1) is 0 Å². The Morgan fingerprint density at radius 1 is 1.64 bits per heavy atom. The smallest absolute Gasteiger partial charge is 0.305 e. The van der Waals surface area contributed by atoms with E-state index in [-0.39, 0.29) is 5.82 Å². The maximum atomic E-state index is 11.9. The van der Waals surface area contributed by atoms with Crippen LogP contribution in [0.25, 0.3) is 0 Å². The quantitative estimate of drug-likeness (QED) is 0.891. The van der Waals surface area contributed by atoms with Crippen molar-refractivity contribution in [2.24, 2.45) is 0 Å². The molecule has 0 unspecified atom stereocenters. The molecule has 1 heterocycles. The Kier molecular flexibility index (Phi) is 3.51. The average Bonchev–Trinajstić information content (AvgIpc) is 2.09. The molecule has 1 rings (SSSR count). The summed E-state index contributed by atoms with van der Waals surface area (Å²) in [6.07, 6.45) is -1.60. The summed E-state index contributed by atoms with van der Waals surface area (Å²) in [6, 6.07) is 1.67. The molecule has 0 saturated carbocycles. The standard InChI is InChI=1S/C8H7BrF2N2O/c1-4-2-5(9)3-12-7(4)13-8(14)6(10)11/h2-3,6H,1H3,(H,12,13,14). The fourth-order valence-electron chi connectivity index (χ4n) is 0.843. The van der Waals surface area contributed by atoms with Crippen LogP contribution in [-0.2, 0) is 4.79 Å². The van der Waals surface area contributed by atoms with Gasteiger partial charge in [0.25, 0.3) is 5.91 Å². The summed E-state index contributed by atoms with van der Waals surface area (Å²) in [5.41, 5.74) is 0.619. The fraction of sp³-hybridized carbons (Fsp3) is 0.250. The van der Waals surface area contributed by atoms with E-state index in [0.717, 1.165) is 4.47 Å². The van der Waals surface area contributed by atoms with Crippen LogP contribution >= 0.6 is 15.9 Å². The molecule has 0 bridgehead atoms. The molecule has 6 heteroatoms. The molecular formula is C8H7BrF2N2O. The molecule has 1 N–H and O–H groups in total. The van der Waals surface area contributed by atoms with Gasteiger partial charge in [-0.3, -0.25) is 4.79 Å². The van der Waals surface area contributed by atoms with Crippen LogP contribution in [0, 0.1) is 6.92 Å². The highest BCUT2D eigenvalue weighted by molar-refractivity contribution is 9.10. The molecule has 0 aliphatic heterocycles. The number of amides is 1. The molecule has 0 aliphatic rings. The topological polar surface area (TPSA) is 42.0 Å². The van der Waals surface area contributed by atoms with Crippen LogP contribution in [0.1, 0.15) is 5.56 Å². The molecule has 0 aliphatic carbocycles. The highest BCUT2D eigenvalue weighted by atomic mass is 79.9. The lowest BCUT2D eigenvalue weighted by atomic mass is 10.3. The van der Waals surface area contributed by atoms with Crippen LogP contribution in [0.3, 0.4) is 0 Å². The number of pyridine rings is 1. The van der Waals surface area contributed by atoms with Crippen molar-refractivity contribution >= 4 is 27.7 Å². The van der Waals surface area contributed by atoms with Crippen LogP contribution in [-0.4, -0.2) is 17.3 Å². The van der Waals surface area contributed by atoms with Gasteiger partial charge in [-0.1, -0.05) is 0 Å². The van der Waals surface area contributed by atoms with Gasteiger partial charge in [-0.2, -0.15) is 8.78 Å². The Bertz CT molecular complexity index is 357. The van der Waals surface area contributed by atoms with Gasteiger partial charge < -0.3 is 5.32 Å². The summed E-state index contributed by atoms with van der Waals surface area (Å²) in [5.74, 6) is -1.19. The second-order valence-corrected chi connectivity index (χ2v) is 3.52. The molecule has 1 aromatic heterocycles. The van der Waals surface area contributed by atoms with Crippen molar-refractivity contribution in [3.8, 4) is 0 Å². The SMILES string of the molecule is Cc1cc(Br)cnc1NC(=O)C(F)F. The third-order valence-electron chi connectivity index (χ3n) is 1.48. The van der Waals surface area contributed by atoms with Crippen LogP contribution in [0.2, 0.25) is 0 Å².